The lowest BCUT2D eigenvalue weighted by atomic mass is 10.1. The first kappa shape index (κ1) is 15.6. The van der Waals surface area contributed by atoms with Crippen LogP contribution in [0.5, 0.6) is 0 Å². The molecule has 1 aromatic heterocycles. The fraction of sp³-hybridized carbons (Fsp3) is 0.118. The monoisotopic (exact) mass is 332 g/mol. The molecule has 3 aromatic rings. The Balaban J connectivity index is 1.75. The summed E-state index contributed by atoms with van der Waals surface area (Å²) in [6, 6.07) is 14.3. The summed E-state index contributed by atoms with van der Waals surface area (Å²) in [5.74, 6) is -2.77. The van der Waals surface area contributed by atoms with Gasteiger partial charge in [-0.1, -0.05) is 42.1 Å². The average Bonchev–Trinajstić information content (AvgIpc) is 2.92. The van der Waals surface area contributed by atoms with E-state index in [1.54, 1.807) is 30.5 Å². The van der Waals surface area contributed by atoms with Crippen molar-refractivity contribution >= 4 is 34.3 Å². The Morgan fingerprint density at radius 1 is 1.13 bits per heavy atom. The van der Waals surface area contributed by atoms with Crippen molar-refractivity contribution in [3.05, 3.63) is 60.3 Å². The predicted octanol–water partition coefficient (Wildman–Crippen LogP) is 4.66. The first-order valence-corrected chi connectivity index (χ1v) is 7.90. The zero-order valence-electron chi connectivity index (χ0n) is 12.1. The second-order valence-corrected chi connectivity index (χ2v) is 5.99. The van der Waals surface area contributed by atoms with Gasteiger partial charge in [-0.15, -0.1) is 0 Å². The molecule has 0 unspecified atom stereocenters. The van der Waals surface area contributed by atoms with Gasteiger partial charge in [-0.3, -0.25) is 4.79 Å². The average molecular weight is 332 g/mol. The number of thioether (sulfide) groups is 1. The van der Waals surface area contributed by atoms with Crippen molar-refractivity contribution in [3.8, 4) is 0 Å². The molecule has 0 aliphatic heterocycles. The van der Waals surface area contributed by atoms with Crippen molar-refractivity contribution in [2.24, 2.45) is 0 Å². The van der Waals surface area contributed by atoms with E-state index in [2.05, 4.69) is 10.3 Å². The van der Waals surface area contributed by atoms with Crippen LogP contribution in [0, 0.1) is 0 Å². The number of hydrogen-bond donors (Lipinski definition) is 2. The summed E-state index contributed by atoms with van der Waals surface area (Å²) >= 11 is 0.423. The third kappa shape index (κ3) is 3.71. The maximum Gasteiger partial charge on any atom is 0.288 e. The Bertz CT molecular complexity index is 832. The van der Waals surface area contributed by atoms with E-state index in [0.29, 0.717) is 22.3 Å². The van der Waals surface area contributed by atoms with E-state index < -0.39 is 5.76 Å². The molecule has 0 atom stereocenters. The Morgan fingerprint density at radius 2 is 1.87 bits per heavy atom. The number of anilines is 1. The zero-order valence-corrected chi connectivity index (χ0v) is 12.9. The van der Waals surface area contributed by atoms with Gasteiger partial charge in [0.2, 0.25) is 5.91 Å². The van der Waals surface area contributed by atoms with Crippen molar-refractivity contribution < 1.29 is 13.6 Å². The number of carbonyl (C=O) groups excluding carboxylic acids is 1. The number of H-pyrrole nitrogens is 1. The summed E-state index contributed by atoms with van der Waals surface area (Å²) in [7, 11) is 0. The number of nitrogens with one attached hydrogen (secondary N) is 2. The van der Waals surface area contributed by atoms with Crippen LogP contribution in [0.4, 0.5) is 14.5 Å². The number of carbonyl (C=O) groups is 1. The van der Waals surface area contributed by atoms with Crippen LogP contribution < -0.4 is 5.32 Å². The van der Waals surface area contributed by atoms with Crippen LogP contribution in [0.2, 0.25) is 0 Å². The molecule has 3 nitrogen and oxygen atoms in total. The highest BCUT2D eigenvalue weighted by Gasteiger charge is 2.13. The van der Waals surface area contributed by atoms with Gasteiger partial charge in [-0.25, -0.2) is 0 Å². The van der Waals surface area contributed by atoms with Crippen molar-refractivity contribution in [3.63, 3.8) is 0 Å². The molecule has 0 saturated carbocycles. The van der Waals surface area contributed by atoms with Gasteiger partial charge >= 0.3 is 0 Å². The topological polar surface area (TPSA) is 44.9 Å². The van der Waals surface area contributed by atoms with Crippen LogP contribution in [-0.2, 0) is 11.2 Å². The number of hydrogen-bond acceptors (Lipinski definition) is 2. The standard InChI is InChI=1S/C17H14F2N2OS/c18-17(19)23-15-8-4-3-7-14(15)21-16(22)9-11-10-20-13-6-2-1-5-12(11)13/h1-8,10,17,20H,9H2,(H,21,22). The number of benzene rings is 2. The van der Waals surface area contributed by atoms with Crippen molar-refractivity contribution in [1.82, 2.24) is 4.98 Å². The maximum absolute atomic E-state index is 12.6. The zero-order chi connectivity index (χ0) is 16.2. The van der Waals surface area contributed by atoms with Crippen LogP contribution >= 0.6 is 11.8 Å². The predicted molar refractivity (Wildman–Crippen MR) is 88.9 cm³/mol. The van der Waals surface area contributed by atoms with Gasteiger partial charge in [-0.05, 0) is 23.8 Å². The third-order valence-corrected chi connectivity index (χ3v) is 4.19. The van der Waals surface area contributed by atoms with Gasteiger partial charge < -0.3 is 10.3 Å². The molecule has 118 valence electrons. The second-order valence-electron chi connectivity index (χ2n) is 4.96. The molecule has 0 fully saturated rings. The Kier molecular flexibility index (Phi) is 4.62. The van der Waals surface area contributed by atoms with E-state index in [1.165, 1.54) is 0 Å². The molecule has 23 heavy (non-hydrogen) atoms. The lowest BCUT2D eigenvalue weighted by Gasteiger charge is -2.10. The SMILES string of the molecule is O=C(Cc1c[nH]c2ccccc12)Nc1ccccc1SC(F)F. The molecule has 0 aliphatic carbocycles. The van der Waals surface area contributed by atoms with Crippen LogP contribution in [-0.4, -0.2) is 16.6 Å². The normalized spacial score (nSPS) is 11.1. The van der Waals surface area contributed by atoms with Crippen molar-refractivity contribution in [2.45, 2.75) is 17.1 Å². The van der Waals surface area contributed by atoms with E-state index in [4.69, 9.17) is 0 Å². The molecule has 0 bridgehead atoms. The number of fused-ring (bicyclic) bond motifs is 1. The fourth-order valence-electron chi connectivity index (χ4n) is 2.41. The lowest BCUT2D eigenvalue weighted by molar-refractivity contribution is -0.115. The van der Waals surface area contributed by atoms with Gasteiger partial charge in [-0.2, -0.15) is 8.78 Å². The number of rotatable bonds is 5. The summed E-state index contributed by atoms with van der Waals surface area (Å²) in [6.45, 7) is 0. The van der Waals surface area contributed by atoms with E-state index in [9.17, 15) is 13.6 Å². The van der Waals surface area contributed by atoms with E-state index in [1.807, 2.05) is 24.3 Å². The number of amides is 1. The van der Waals surface area contributed by atoms with Crippen molar-refractivity contribution in [1.29, 1.82) is 0 Å². The van der Waals surface area contributed by atoms with E-state index in [-0.39, 0.29) is 12.3 Å². The van der Waals surface area contributed by atoms with Crippen molar-refractivity contribution in [2.75, 3.05) is 5.32 Å². The highest BCUT2D eigenvalue weighted by atomic mass is 32.2. The number of alkyl halides is 2. The minimum Gasteiger partial charge on any atom is -0.361 e. The first-order valence-electron chi connectivity index (χ1n) is 7.02. The van der Waals surface area contributed by atoms with Gasteiger partial charge in [0.05, 0.1) is 12.1 Å². The Hall–Kier alpha value is -2.34. The summed E-state index contributed by atoms with van der Waals surface area (Å²) in [6.07, 6.45) is 1.97. The van der Waals surface area contributed by atoms with Gasteiger partial charge in [0.25, 0.3) is 5.76 Å². The molecule has 2 aromatic carbocycles. The van der Waals surface area contributed by atoms with Crippen LogP contribution in [0.3, 0.4) is 0 Å². The smallest absolute Gasteiger partial charge is 0.288 e. The number of para-hydroxylation sites is 2. The summed E-state index contributed by atoms with van der Waals surface area (Å²) in [5.41, 5.74) is 2.24. The molecule has 1 amide bonds. The highest BCUT2D eigenvalue weighted by Crippen LogP contribution is 2.31. The highest BCUT2D eigenvalue weighted by molar-refractivity contribution is 7.99. The minimum atomic E-state index is -2.53. The minimum absolute atomic E-state index is 0.178. The quantitative estimate of drug-likeness (QED) is 0.667. The summed E-state index contributed by atoms with van der Waals surface area (Å²) in [4.78, 5) is 15.7. The number of aromatic amines is 1. The van der Waals surface area contributed by atoms with Gasteiger partial charge in [0, 0.05) is 22.0 Å². The molecule has 0 saturated heterocycles. The summed E-state index contributed by atoms with van der Waals surface area (Å²) in [5, 5.41) is 3.70. The van der Waals surface area contributed by atoms with Gasteiger partial charge in [0.1, 0.15) is 0 Å². The van der Waals surface area contributed by atoms with Gasteiger partial charge in [0.15, 0.2) is 0 Å². The molecule has 0 spiro atoms. The molecule has 2 N–H and O–H groups in total. The number of aromatic nitrogens is 1. The third-order valence-electron chi connectivity index (χ3n) is 3.40. The van der Waals surface area contributed by atoms with E-state index in [0.717, 1.165) is 16.5 Å². The molecule has 0 radical (unpaired) electrons. The summed E-state index contributed by atoms with van der Waals surface area (Å²) < 4.78 is 25.1. The lowest BCUT2D eigenvalue weighted by Crippen LogP contribution is -2.14. The second kappa shape index (κ2) is 6.83. The Morgan fingerprint density at radius 3 is 2.70 bits per heavy atom. The molecule has 1 heterocycles. The molecule has 0 aliphatic rings. The Labute approximate surface area is 136 Å². The number of halogens is 2. The van der Waals surface area contributed by atoms with E-state index >= 15 is 0 Å². The largest absolute Gasteiger partial charge is 0.361 e. The maximum atomic E-state index is 12.6. The van der Waals surface area contributed by atoms with Crippen LogP contribution in [0.15, 0.2) is 59.6 Å². The molecule has 3 rings (SSSR count). The molecular formula is C17H14F2N2OS. The van der Waals surface area contributed by atoms with Crippen LogP contribution in [0.1, 0.15) is 5.56 Å². The first-order chi connectivity index (χ1) is 11.1. The molecule has 6 heteroatoms. The van der Waals surface area contributed by atoms with Crippen LogP contribution in [0.25, 0.3) is 10.9 Å². The fourth-order valence-corrected chi connectivity index (χ4v) is 3.01. The molecular weight excluding hydrogens is 318 g/mol.